The van der Waals surface area contributed by atoms with Gasteiger partial charge in [-0.2, -0.15) is 0 Å². The van der Waals surface area contributed by atoms with Crippen molar-refractivity contribution in [3.63, 3.8) is 0 Å². The lowest BCUT2D eigenvalue weighted by molar-refractivity contribution is 0.537. The Hall–Kier alpha value is -1.07. The SMILES string of the molecule is Cn1[nH]c(CNC2CCNC2)cc1=O. The predicted octanol–water partition coefficient (Wildman–Crippen LogP) is -0.835. The van der Waals surface area contributed by atoms with E-state index in [1.54, 1.807) is 13.1 Å². The van der Waals surface area contributed by atoms with Crippen LogP contribution in [-0.2, 0) is 13.6 Å². The molecular weight excluding hydrogens is 180 g/mol. The summed E-state index contributed by atoms with van der Waals surface area (Å²) in [7, 11) is 1.73. The minimum atomic E-state index is 0.0198. The molecule has 0 saturated carbocycles. The van der Waals surface area contributed by atoms with Crippen molar-refractivity contribution < 1.29 is 0 Å². The lowest BCUT2D eigenvalue weighted by atomic mass is 10.2. The molecule has 1 aromatic rings. The Bertz CT molecular complexity index is 348. The molecule has 1 aromatic heterocycles. The van der Waals surface area contributed by atoms with Crippen LogP contribution in [0.2, 0.25) is 0 Å². The van der Waals surface area contributed by atoms with Crippen molar-refractivity contribution in [2.75, 3.05) is 13.1 Å². The fourth-order valence-electron chi connectivity index (χ4n) is 1.72. The van der Waals surface area contributed by atoms with E-state index in [2.05, 4.69) is 15.7 Å². The fraction of sp³-hybridized carbons (Fsp3) is 0.667. The van der Waals surface area contributed by atoms with Crippen molar-refractivity contribution in [1.82, 2.24) is 20.4 Å². The maximum absolute atomic E-state index is 11.1. The molecule has 0 radical (unpaired) electrons. The first-order chi connectivity index (χ1) is 6.75. The summed E-state index contributed by atoms with van der Waals surface area (Å²) < 4.78 is 1.49. The van der Waals surface area contributed by atoms with E-state index in [1.165, 1.54) is 4.68 Å². The number of aromatic nitrogens is 2. The van der Waals surface area contributed by atoms with Gasteiger partial charge in [0.15, 0.2) is 0 Å². The van der Waals surface area contributed by atoms with Crippen molar-refractivity contribution >= 4 is 0 Å². The molecular formula is C9H16N4O. The standard InChI is InChI=1S/C9H16N4O/c1-13-9(14)4-8(12-13)6-11-7-2-3-10-5-7/h4,7,10-12H,2-3,5-6H2,1H3. The highest BCUT2D eigenvalue weighted by Gasteiger charge is 2.13. The average molecular weight is 196 g/mol. The third-order valence-corrected chi connectivity index (χ3v) is 2.58. The smallest absolute Gasteiger partial charge is 0.266 e. The minimum Gasteiger partial charge on any atom is -0.315 e. The van der Waals surface area contributed by atoms with Crippen LogP contribution in [0.5, 0.6) is 0 Å². The highest BCUT2D eigenvalue weighted by molar-refractivity contribution is 4.99. The lowest BCUT2D eigenvalue weighted by Crippen LogP contribution is -2.30. The van der Waals surface area contributed by atoms with Crippen LogP contribution in [0, 0.1) is 0 Å². The van der Waals surface area contributed by atoms with Crippen LogP contribution in [0.15, 0.2) is 10.9 Å². The average Bonchev–Trinajstić information content (AvgIpc) is 2.74. The van der Waals surface area contributed by atoms with Gasteiger partial charge in [0, 0.05) is 32.2 Å². The molecule has 1 unspecified atom stereocenters. The molecule has 1 atom stereocenters. The summed E-state index contributed by atoms with van der Waals surface area (Å²) in [5, 5.41) is 9.67. The van der Waals surface area contributed by atoms with Gasteiger partial charge >= 0.3 is 0 Å². The zero-order valence-electron chi connectivity index (χ0n) is 8.34. The largest absolute Gasteiger partial charge is 0.315 e. The Balaban J connectivity index is 1.88. The zero-order valence-corrected chi connectivity index (χ0v) is 8.34. The van der Waals surface area contributed by atoms with E-state index in [9.17, 15) is 4.79 Å². The van der Waals surface area contributed by atoms with Crippen molar-refractivity contribution in [2.45, 2.75) is 19.0 Å². The molecule has 5 nitrogen and oxygen atoms in total. The van der Waals surface area contributed by atoms with Crippen LogP contribution >= 0.6 is 0 Å². The summed E-state index contributed by atoms with van der Waals surface area (Å²) in [6, 6.07) is 2.17. The molecule has 1 aliphatic heterocycles. The van der Waals surface area contributed by atoms with E-state index in [0.29, 0.717) is 6.04 Å². The van der Waals surface area contributed by atoms with Gasteiger partial charge in [0.05, 0.1) is 5.69 Å². The Morgan fingerprint density at radius 3 is 3.14 bits per heavy atom. The minimum absolute atomic E-state index is 0.0198. The van der Waals surface area contributed by atoms with Crippen LogP contribution < -0.4 is 16.2 Å². The van der Waals surface area contributed by atoms with Crippen LogP contribution in [0.3, 0.4) is 0 Å². The van der Waals surface area contributed by atoms with Gasteiger partial charge in [0.2, 0.25) is 0 Å². The third-order valence-electron chi connectivity index (χ3n) is 2.58. The van der Waals surface area contributed by atoms with Gasteiger partial charge in [0.25, 0.3) is 5.56 Å². The molecule has 0 aliphatic carbocycles. The second-order valence-corrected chi connectivity index (χ2v) is 3.75. The fourth-order valence-corrected chi connectivity index (χ4v) is 1.72. The topological polar surface area (TPSA) is 61.9 Å². The molecule has 0 spiro atoms. The maximum atomic E-state index is 11.1. The summed E-state index contributed by atoms with van der Waals surface area (Å²) in [4.78, 5) is 11.1. The highest BCUT2D eigenvalue weighted by Crippen LogP contribution is 1.98. The van der Waals surface area contributed by atoms with Gasteiger partial charge < -0.3 is 10.6 Å². The molecule has 78 valence electrons. The molecule has 3 N–H and O–H groups in total. The van der Waals surface area contributed by atoms with Crippen molar-refractivity contribution in [3.8, 4) is 0 Å². The van der Waals surface area contributed by atoms with Crippen LogP contribution in [0.4, 0.5) is 0 Å². The maximum Gasteiger partial charge on any atom is 0.266 e. The number of H-pyrrole nitrogens is 1. The van der Waals surface area contributed by atoms with Gasteiger partial charge in [-0.1, -0.05) is 0 Å². The number of hydrogen-bond donors (Lipinski definition) is 3. The number of nitrogens with zero attached hydrogens (tertiary/aromatic N) is 1. The Kier molecular flexibility index (Phi) is 2.69. The second kappa shape index (κ2) is 3.98. The zero-order chi connectivity index (χ0) is 9.97. The molecule has 2 rings (SSSR count). The van der Waals surface area contributed by atoms with Gasteiger partial charge in [-0.05, 0) is 13.0 Å². The quantitative estimate of drug-likeness (QED) is 0.591. The first-order valence-corrected chi connectivity index (χ1v) is 4.95. The van der Waals surface area contributed by atoms with E-state index in [4.69, 9.17) is 0 Å². The van der Waals surface area contributed by atoms with Gasteiger partial charge in [0.1, 0.15) is 0 Å². The first-order valence-electron chi connectivity index (χ1n) is 4.95. The summed E-state index contributed by atoms with van der Waals surface area (Å²) in [5.41, 5.74) is 0.968. The van der Waals surface area contributed by atoms with E-state index in [-0.39, 0.29) is 5.56 Å². The molecule has 1 saturated heterocycles. The van der Waals surface area contributed by atoms with Crippen LogP contribution in [0.1, 0.15) is 12.1 Å². The second-order valence-electron chi connectivity index (χ2n) is 3.75. The number of aryl methyl sites for hydroxylation is 1. The molecule has 0 bridgehead atoms. The molecule has 1 fully saturated rings. The van der Waals surface area contributed by atoms with Crippen molar-refractivity contribution in [2.24, 2.45) is 7.05 Å². The van der Waals surface area contributed by atoms with Crippen molar-refractivity contribution in [1.29, 1.82) is 0 Å². The normalized spacial score (nSPS) is 21.6. The molecule has 1 aliphatic rings. The molecule has 5 heteroatoms. The summed E-state index contributed by atoms with van der Waals surface area (Å²) in [6.45, 7) is 2.85. The predicted molar refractivity (Wildman–Crippen MR) is 54.1 cm³/mol. The van der Waals surface area contributed by atoms with E-state index in [1.807, 2.05) is 0 Å². The molecule has 0 aromatic carbocycles. The summed E-state index contributed by atoms with van der Waals surface area (Å²) in [6.07, 6.45) is 1.16. The Morgan fingerprint density at radius 2 is 2.57 bits per heavy atom. The van der Waals surface area contributed by atoms with E-state index in [0.717, 1.165) is 31.7 Å². The molecule has 0 amide bonds. The molecule has 14 heavy (non-hydrogen) atoms. The van der Waals surface area contributed by atoms with Crippen LogP contribution in [0.25, 0.3) is 0 Å². The highest BCUT2D eigenvalue weighted by atomic mass is 16.1. The summed E-state index contributed by atoms with van der Waals surface area (Å²) >= 11 is 0. The van der Waals surface area contributed by atoms with E-state index < -0.39 is 0 Å². The third kappa shape index (κ3) is 2.05. The van der Waals surface area contributed by atoms with Crippen LogP contribution in [-0.4, -0.2) is 28.9 Å². The number of aromatic amines is 1. The Labute approximate surface area is 82.5 Å². The monoisotopic (exact) mass is 196 g/mol. The number of hydrogen-bond acceptors (Lipinski definition) is 3. The Morgan fingerprint density at radius 1 is 1.71 bits per heavy atom. The number of rotatable bonds is 3. The number of nitrogens with one attached hydrogen (secondary N) is 3. The van der Waals surface area contributed by atoms with Gasteiger partial charge in [-0.3, -0.25) is 14.6 Å². The van der Waals surface area contributed by atoms with Gasteiger partial charge in [-0.25, -0.2) is 0 Å². The van der Waals surface area contributed by atoms with Crippen molar-refractivity contribution in [3.05, 3.63) is 22.1 Å². The van der Waals surface area contributed by atoms with Gasteiger partial charge in [-0.15, -0.1) is 0 Å². The first kappa shape index (κ1) is 9.48. The summed E-state index contributed by atoms with van der Waals surface area (Å²) in [5.74, 6) is 0. The lowest BCUT2D eigenvalue weighted by Gasteiger charge is -2.09. The van der Waals surface area contributed by atoms with E-state index >= 15 is 0 Å². The molecule has 2 heterocycles.